The molecule has 0 radical (unpaired) electrons. The molecule has 0 aliphatic heterocycles. The van der Waals surface area contributed by atoms with Gasteiger partial charge in [-0.15, -0.1) is 0 Å². The molecule has 0 spiro atoms. The number of unbranched alkanes of at least 4 members (excludes halogenated alkanes) is 3. The number of hydrogen-bond acceptors (Lipinski definition) is 4. The van der Waals surface area contributed by atoms with Gasteiger partial charge in [-0.3, -0.25) is 4.79 Å². The zero-order valence-electron chi connectivity index (χ0n) is 25.5. The van der Waals surface area contributed by atoms with E-state index in [1.54, 1.807) is 24.5 Å². The molecule has 0 unspecified atom stereocenters. The molecule has 0 saturated heterocycles. The van der Waals surface area contributed by atoms with Crippen LogP contribution in [0.5, 0.6) is 0 Å². The Morgan fingerprint density at radius 2 is 1.08 bits per heavy atom. The Morgan fingerprint density at radius 1 is 0.600 bits per heavy atom. The van der Waals surface area contributed by atoms with Crippen LogP contribution >= 0.6 is 0 Å². The number of aryl methyl sites for hydroxylation is 2. The topological polar surface area (TPSA) is 52.1 Å². The summed E-state index contributed by atoms with van der Waals surface area (Å²) in [5.41, 5.74) is 1.88. The van der Waals surface area contributed by atoms with Gasteiger partial charge in [0.25, 0.3) is 0 Å². The van der Waals surface area contributed by atoms with Crippen LogP contribution in [0.4, 0.5) is 74.6 Å². The summed E-state index contributed by atoms with van der Waals surface area (Å²) in [6.07, 6.45) is -3.25. The fourth-order valence-corrected chi connectivity index (χ4v) is 4.17. The van der Waals surface area contributed by atoms with E-state index in [9.17, 15) is 79.4 Å². The molecule has 21 heteroatoms. The molecule has 0 bridgehead atoms. The highest BCUT2D eigenvalue weighted by molar-refractivity contribution is 5.69. The molecule has 0 aliphatic rings. The number of hydrogen-bond donors (Lipinski definition) is 0. The Labute approximate surface area is 272 Å². The molecule has 0 atom stereocenters. The van der Waals surface area contributed by atoms with Crippen LogP contribution in [0.2, 0.25) is 0 Å². The second-order valence-corrected chi connectivity index (χ2v) is 11.0. The Bertz CT molecular complexity index is 1410. The number of carbonyl (C=O) groups is 1. The predicted molar refractivity (Wildman–Crippen MR) is 140 cm³/mol. The van der Waals surface area contributed by atoms with Crippen molar-refractivity contribution in [3.8, 4) is 11.4 Å². The predicted octanol–water partition coefficient (Wildman–Crippen LogP) is 10.1. The van der Waals surface area contributed by atoms with Gasteiger partial charge in [-0.2, -0.15) is 74.6 Å². The molecular formula is C29H27F17N2O2. The van der Waals surface area contributed by atoms with Gasteiger partial charge in [0.2, 0.25) is 0 Å². The average Bonchev–Trinajstić information content (AvgIpc) is 3.01. The van der Waals surface area contributed by atoms with E-state index in [-0.39, 0.29) is 6.42 Å². The summed E-state index contributed by atoms with van der Waals surface area (Å²) in [5, 5.41) is 0. The largest absolute Gasteiger partial charge is 0.465 e. The Morgan fingerprint density at radius 3 is 1.56 bits per heavy atom. The van der Waals surface area contributed by atoms with E-state index in [1.807, 2.05) is 0 Å². The molecule has 0 aliphatic carbocycles. The molecule has 0 N–H and O–H groups in total. The number of esters is 1. The van der Waals surface area contributed by atoms with E-state index in [2.05, 4.69) is 21.6 Å². The lowest BCUT2D eigenvalue weighted by molar-refractivity contribution is -0.461. The fourth-order valence-electron chi connectivity index (χ4n) is 4.17. The summed E-state index contributed by atoms with van der Waals surface area (Å²) in [7, 11) is 0. The third-order valence-electron chi connectivity index (χ3n) is 7.32. The van der Waals surface area contributed by atoms with Crippen LogP contribution in [0.25, 0.3) is 11.4 Å². The maximum Gasteiger partial charge on any atom is 0.460 e. The molecule has 50 heavy (non-hydrogen) atoms. The van der Waals surface area contributed by atoms with Crippen LogP contribution in [-0.4, -0.2) is 70.2 Å². The highest BCUT2D eigenvalue weighted by Gasteiger charge is 2.95. The van der Waals surface area contributed by atoms with E-state index < -0.39 is 73.1 Å². The monoisotopic (exact) mass is 758 g/mol. The molecule has 4 nitrogen and oxygen atoms in total. The summed E-state index contributed by atoms with van der Waals surface area (Å²) < 4.78 is 231. The zero-order chi connectivity index (χ0) is 38.6. The number of nitrogens with zero attached hydrogens (tertiary/aromatic N) is 2. The quantitative estimate of drug-likeness (QED) is 0.0863. The Kier molecular flexibility index (Phi) is 12.9. The molecule has 0 fully saturated rings. The van der Waals surface area contributed by atoms with Crippen LogP contribution in [0.3, 0.4) is 0 Å². The number of rotatable bonds is 18. The van der Waals surface area contributed by atoms with E-state index in [0.29, 0.717) is 17.0 Å². The van der Waals surface area contributed by atoms with Crippen molar-refractivity contribution in [3.63, 3.8) is 0 Å². The van der Waals surface area contributed by atoms with E-state index >= 15 is 0 Å². The summed E-state index contributed by atoms with van der Waals surface area (Å²) in [6, 6.07) is 6.04. The highest BCUT2D eigenvalue weighted by atomic mass is 19.4. The number of carbonyl (C=O) groups excluding carboxylic acids is 1. The minimum absolute atomic E-state index is 0.195. The molecule has 2 rings (SSSR count). The molecule has 0 saturated carbocycles. The fraction of sp³-hybridized carbons (Fsp3) is 0.621. The molecule has 1 heterocycles. The molecule has 2 aromatic rings. The molecular weight excluding hydrogens is 731 g/mol. The van der Waals surface area contributed by atoms with Crippen LogP contribution in [0.1, 0.15) is 56.6 Å². The highest BCUT2D eigenvalue weighted by Crippen LogP contribution is 2.64. The van der Waals surface area contributed by atoms with Gasteiger partial charge < -0.3 is 4.74 Å². The Hall–Kier alpha value is -3.42. The first-order chi connectivity index (χ1) is 22.6. The standard InChI is InChI=1S/C29H27F17N2O2/c1-2-3-4-5-6-18-15-47-21(48-16-18)19-10-7-17(8-11-19)9-12-20(49)50-14-13-22(30,31)23(32,33)24(34,35)25(36,37)26(38,39)27(40,41)28(42,43)29(44,45)46/h7-8,10-11,15-16H,2-6,9,12-14H2,1H3. The van der Waals surface area contributed by atoms with Gasteiger partial charge >= 0.3 is 53.6 Å². The van der Waals surface area contributed by atoms with Gasteiger partial charge in [0, 0.05) is 24.4 Å². The Balaban J connectivity index is 2.02. The van der Waals surface area contributed by atoms with E-state index in [4.69, 9.17) is 0 Å². The van der Waals surface area contributed by atoms with Crippen LogP contribution in [-0.2, 0) is 22.4 Å². The van der Waals surface area contributed by atoms with Crippen molar-refractivity contribution in [2.45, 2.75) is 106 Å². The first kappa shape index (κ1) is 42.7. The van der Waals surface area contributed by atoms with E-state index in [0.717, 1.165) is 37.7 Å². The second-order valence-electron chi connectivity index (χ2n) is 11.0. The minimum atomic E-state index is -8.70. The van der Waals surface area contributed by atoms with Gasteiger partial charge in [-0.05, 0) is 30.4 Å². The third kappa shape index (κ3) is 8.21. The molecule has 1 aromatic carbocycles. The number of aromatic nitrogens is 2. The SMILES string of the molecule is CCCCCCc1cnc(-c2ccc(CCC(=O)OCCC(F)(F)C(F)(F)C(F)(F)C(F)(F)C(F)(F)C(F)(F)C(F)(F)C(F)(F)F)cc2)nc1. The lowest BCUT2D eigenvalue weighted by Crippen LogP contribution is -2.74. The van der Waals surface area contributed by atoms with Crippen molar-refractivity contribution in [1.29, 1.82) is 0 Å². The van der Waals surface area contributed by atoms with Gasteiger partial charge in [-0.1, -0.05) is 50.5 Å². The van der Waals surface area contributed by atoms with Crippen molar-refractivity contribution in [2.24, 2.45) is 0 Å². The average molecular weight is 759 g/mol. The van der Waals surface area contributed by atoms with Crippen molar-refractivity contribution in [2.75, 3.05) is 6.61 Å². The van der Waals surface area contributed by atoms with Crippen molar-refractivity contribution >= 4 is 5.97 Å². The van der Waals surface area contributed by atoms with Crippen LogP contribution in [0.15, 0.2) is 36.7 Å². The van der Waals surface area contributed by atoms with Crippen LogP contribution in [0, 0.1) is 0 Å². The maximum absolute atomic E-state index is 14.0. The lowest BCUT2D eigenvalue weighted by atomic mass is 9.88. The van der Waals surface area contributed by atoms with Gasteiger partial charge in [0.1, 0.15) is 0 Å². The zero-order valence-corrected chi connectivity index (χ0v) is 25.5. The second kappa shape index (κ2) is 15.1. The van der Waals surface area contributed by atoms with Crippen molar-refractivity contribution in [3.05, 3.63) is 47.8 Å². The number of benzene rings is 1. The third-order valence-corrected chi connectivity index (χ3v) is 7.32. The minimum Gasteiger partial charge on any atom is -0.465 e. The summed E-state index contributed by atoms with van der Waals surface area (Å²) in [4.78, 5) is 20.4. The lowest BCUT2D eigenvalue weighted by Gasteiger charge is -2.42. The van der Waals surface area contributed by atoms with Gasteiger partial charge in [0.15, 0.2) is 5.82 Å². The summed E-state index contributed by atoms with van der Waals surface area (Å²) in [6.45, 7) is 0.0958. The van der Waals surface area contributed by atoms with Crippen LogP contribution < -0.4 is 0 Å². The maximum atomic E-state index is 14.0. The van der Waals surface area contributed by atoms with E-state index in [1.165, 1.54) is 12.1 Å². The summed E-state index contributed by atoms with van der Waals surface area (Å²) >= 11 is 0. The van der Waals surface area contributed by atoms with Crippen molar-refractivity contribution in [1.82, 2.24) is 9.97 Å². The molecule has 0 amide bonds. The van der Waals surface area contributed by atoms with Gasteiger partial charge in [0.05, 0.1) is 13.0 Å². The smallest absolute Gasteiger partial charge is 0.460 e. The first-order valence-corrected chi connectivity index (χ1v) is 14.4. The number of ether oxygens (including phenoxy) is 1. The first-order valence-electron chi connectivity index (χ1n) is 14.4. The molecule has 1 aromatic heterocycles. The molecule has 284 valence electrons. The normalized spacial score (nSPS) is 14.2. The number of alkyl halides is 17. The van der Waals surface area contributed by atoms with Crippen molar-refractivity contribution < 1.29 is 84.2 Å². The number of halogens is 17. The summed E-state index contributed by atoms with van der Waals surface area (Å²) in [5.74, 6) is -58.1. The van der Waals surface area contributed by atoms with Gasteiger partial charge in [-0.25, -0.2) is 9.97 Å².